The van der Waals surface area contributed by atoms with Crippen LogP contribution in [0.25, 0.3) is 0 Å². The van der Waals surface area contributed by atoms with Crippen molar-refractivity contribution < 1.29 is 0 Å². The van der Waals surface area contributed by atoms with Gasteiger partial charge >= 0.3 is 0 Å². The first-order valence-corrected chi connectivity index (χ1v) is 6.98. The summed E-state index contributed by atoms with van der Waals surface area (Å²) >= 11 is 1.93. The summed E-state index contributed by atoms with van der Waals surface area (Å²) in [5.74, 6) is 0.872. The van der Waals surface area contributed by atoms with Crippen LogP contribution < -0.4 is 5.73 Å². The van der Waals surface area contributed by atoms with Crippen LogP contribution in [0.1, 0.15) is 38.2 Å². The second-order valence-electron chi connectivity index (χ2n) is 4.68. The Kier molecular flexibility index (Phi) is 4.24. The Morgan fingerprint density at radius 2 is 2.38 bits per heavy atom. The number of rotatable bonds is 3. The topological polar surface area (TPSA) is 38.9 Å². The molecule has 0 aromatic carbocycles. The van der Waals surface area contributed by atoms with Gasteiger partial charge in [-0.05, 0) is 30.4 Å². The van der Waals surface area contributed by atoms with Gasteiger partial charge in [-0.25, -0.2) is 4.98 Å². The predicted octanol–water partition coefficient (Wildman–Crippen LogP) is 3.21. The second-order valence-corrected chi connectivity index (χ2v) is 5.97. The van der Waals surface area contributed by atoms with E-state index in [2.05, 4.69) is 18.0 Å². The maximum atomic E-state index is 5.73. The Hall–Kier alpha value is -0.540. The zero-order valence-corrected chi connectivity index (χ0v) is 10.7. The molecule has 3 heteroatoms. The molecule has 1 aliphatic carbocycles. The third-order valence-electron chi connectivity index (χ3n) is 3.24. The van der Waals surface area contributed by atoms with Gasteiger partial charge in [0.25, 0.3) is 0 Å². The maximum absolute atomic E-state index is 5.73. The van der Waals surface area contributed by atoms with Gasteiger partial charge in [-0.1, -0.05) is 25.8 Å². The first kappa shape index (κ1) is 11.9. The van der Waals surface area contributed by atoms with Crippen LogP contribution in [-0.2, 0) is 6.54 Å². The average molecular weight is 236 g/mol. The summed E-state index contributed by atoms with van der Waals surface area (Å²) in [5, 5.41) is 1.88. The molecule has 0 spiro atoms. The summed E-state index contributed by atoms with van der Waals surface area (Å²) in [6.45, 7) is 2.95. The Labute approximate surface area is 102 Å². The number of aromatic nitrogens is 1. The van der Waals surface area contributed by atoms with Crippen molar-refractivity contribution in [2.24, 2.45) is 11.7 Å². The molecule has 1 saturated carbocycles. The molecule has 2 nitrogen and oxygen atoms in total. The molecule has 2 atom stereocenters. The van der Waals surface area contributed by atoms with E-state index in [0.29, 0.717) is 6.54 Å². The van der Waals surface area contributed by atoms with Gasteiger partial charge < -0.3 is 5.73 Å². The standard InChI is InChI=1S/C13H20N2S/c1-10-4-2-6-12(8-10)16-13-11(9-14)5-3-7-15-13/h3,5,7,10,12H,2,4,6,8-9,14H2,1H3. The van der Waals surface area contributed by atoms with Crippen LogP contribution in [0.4, 0.5) is 0 Å². The lowest BCUT2D eigenvalue weighted by Crippen LogP contribution is -2.15. The first-order chi connectivity index (χ1) is 7.79. The maximum Gasteiger partial charge on any atom is 0.101 e. The highest BCUT2D eigenvalue weighted by Crippen LogP contribution is 2.36. The van der Waals surface area contributed by atoms with E-state index in [9.17, 15) is 0 Å². The number of hydrogen-bond acceptors (Lipinski definition) is 3. The van der Waals surface area contributed by atoms with Crippen LogP contribution in [-0.4, -0.2) is 10.2 Å². The van der Waals surface area contributed by atoms with Crippen molar-refractivity contribution >= 4 is 11.8 Å². The van der Waals surface area contributed by atoms with Crippen LogP contribution in [0, 0.1) is 5.92 Å². The molecule has 1 fully saturated rings. The summed E-state index contributed by atoms with van der Waals surface area (Å²) in [4.78, 5) is 4.45. The minimum Gasteiger partial charge on any atom is -0.326 e. The zero-order chi connectivity index (χ0) is 11.4. The molecular weight excluding hydrogens is 216 g/mol. The molecule has 0 bridgehead atoms. The summed E-state index contributed by atoms with van der Waals surface area (Å²) in [5.41, 5.74) is 6.92. The number of nitrogens with two attached hydrogens (primary N) is 1. The van der Waals surface area contributed by atoms with Gasteiger partial charge in [0.1, 0.15) is 5.03 Å². The Balaban J connectivity index is 2.02. The van der Waals surface area contributed by atoms with Crippen molar-refractivity contribution in [1.29, 1.82) is 0 Å². The van der Waals surface area contributed by atoms with E-state index in [1.165, 1.54) is 31.2 Å². The van der Waals surface area contributed by atoms with E-state index >= 15 is 0 Å². The Morgan fingerprint density at radius 1 is 1.50 bits per heavy atom. The van der Waals surface area contributed by atoms with Crippen LogP contribution in [0.3, 0.4) is 0 Å². The fourth-order valence-electron chi connectivity index (χ4n) is 2.33. The van der Waals surface area contributed by atoms with Gasteiger partial charge in [-0.2, -0.15) is 0 Å². The molecule has 1 aromatic rings. The molecule has 0 amide bonds. The molecule has 2 unspecified atom stereocenters. The van der Waals surface area contributed by atoms with Crippen LogP contribution in [0.15, 0.2) is 23.4 Å². The highest BCUT2D eigenvalue weighted by Gasteiger charge is 2.20. The fraction of sp³-hybridized carbons (Fsp3) is 0.615. The predicted molar refractivity (Wildman–Crippen MR) is 69.4 cm³/mol. The lowest BCUT2D eigenvalue weighted by molar-refractivity contribution is 0.394. The van der Waals surface area contributed by atoms with Crippen molar-refractivity contribution in [3.8, 4) is 0 Å². The molecule has 88 valence electrons. The molecule has 1 heterocycles. The van der Waals surface area contributed by atoms with E-state index < -0.39 is 0 Å². The number of pyridine rings is 1. The second kappa shape index (κ2) is 5.69. The molecule has 0 saturated heterocycles. The van der Waals surface area contributed by atoms with Gasteiger partial charge in [-0.3, -0.25) is 0 Å². The lowest BCUT2D eigenvalue weighted by atomic mass is 9.91. The first-order valence-electron chi connectivity index (χ1n) is 6.10. The third-order valence-corrected chi connectivity index (χ3v) is 4.59. The van der Waals surface area contributed by atoms with E-state index in [1.807, 2.05) is 24.0 Å². The highest BCUT2D eigenvalue weighted by molar-refractivity contribution is 7.99. The van der Waals surface area contributed by atoms with Gasteiger partial charge in [0.15, 0.2) is 0 Å². The minimum absolute atomic E-state index is 0.596. The van der Waals surface area contributed by atoms with Gasteiger partial charge in [0, 0.05) is 18.0 Å². The molecular formula is C13H20N2S. The van der Waals surface area contributed by atoms with E-state index in [-0.39, 0.29) is 0 Å². The minimum atomic E-state index is 0.596. The van der Waals surface area contributed by atoms with Crippen LogP contribution >= 0.6 is 11.8 Å². The normalized spacial score (nSPS) is 25.6. The summed E-state index contributed by atoms with van der Waals surface area (Å²) in [6.07, 6.45) is 7.28. The van der Waals surface area contributed by atoms with Crippen LogP contribution in [0.5, 0.6) is 0 Å². The van der Waals surface area contributed by atoms with Crippen molar-refractivity contribution in [2.45, 2.75) is 49.4 Å². The Morgan fingerprint density at radius 3 is 3.12 bits per heavy atom. The highest BCUT2D eigenvalue weighted by atomic mass is 32.2. The van der Waals surface area contributed by atoms with E-state index in [4.69, 9.17) is 5.73 Å². The summed E-state index contributed by atoms with van der Waals surface area (Å²) < 4.78 is 0. The number of hydrogen-bond donors (Lipinski definition) is 1. The number of thioether (sulfide) groups is 1. The van der Waals surface area contributed by atoms with Crippen molar-refractivity contribution in [3.63, 3.8) is 0 Å². The number of nitrogens with zero attached hydrogens (tertiary/aromatic N) is 1. The SMILES string of the molecule is CC1CCCC(Sc2ncccc2CN)C1. The quantitative estimate of drug-likeness (QED) is 0.876. The molecule has 0 aliphatic heterocycles. The Bertz CT molecular complexity index is 340. The van der Waals surface area contributed by atoms with Crippen molar-refractivity contribution in [3.05, 3.63) is 23.9 Å². The van der Waals surface area contributed by atoms with Gasteiger partial charge in [0.05, 0.1) is 0 Å². The monoisotopic (exact) mass is 236 g/mol. The van der Waals surface area contributed by atoms with Crippen molar-refractivity contribution in [2.75, 3.05) is 0 Å². The van der Waals surface area contributed by atoms with Gasteiger partial charge in [0.2, 0.25) is 0 Å². The molecule has 2 rings (SSSR count). The van der Waals surface area contributed by atoms with E-state index in [1.54, 1.807) is 0 Å². The molecule has 2 N–H and O–H groups in total. The van der Waals surface area contributed by atoms with Gasteiger partial charge in [-0.15, -0.1) is 11.8 Å². The molecule has 1 aromatic heterocycles. The third kappa shape index (κ3) is 2.98. The summed E-state index contributed by atoms with van der Waals surface area (Å²) in [7, 11) is 0. The lowest BCUT2D eigenvalue weighted by Gasteiger charge is -2.26. The fourth-order valence-corrected chi connectivity index (χ4v) is 3.78. The smallest absolute Gasteiger partial charge is 0.101 e. The largest absolute Gasteiger partial charge is 0.326 e. The van der Waals surface area contributed by atoms with Crippen molar-refractivity contribution in [1.82, 2.24) is 4.98 Å². The van der Waals surface area contributed by atoms with E-state index in [0.717, 1.165) is 16.2 Å². The zero-order valence-electron chi connectivity index (χ0n) is 9.86. The summed E-state index contributed by atoms with van der Waals surface area (Å²) in [6, 6.07) is 4.05. The molecule has 1 aliphatic rings. The average Bonchev–Trinajstić information content (AvgIpc) is 2.30. The molecule has 16 heavy (non-hydrogen) atoms. The van der Waals surface area contributed by atoms with Crippen LogP contribution in [0.2, 0.25) is 0 Å². The molecule has 0 radical (unpaired) electrons.